The van der Waals surface area contributed by atoms with Crippen LogP contribution in [0.2, 0.25) is 0 Å². The summed E-state index contributed by atoms with van der Waals surface area (Å²) < 4.78 is 0. The number of amides is 1. The van der Waals surface area contributed by atoms with Gasteiger partial charge in [0.2, 0.25) is 5.91 Å². The van der Waals surface area contributed by atoms with E-state index in [1.165, 1.54) is 37.0 Å². The molecular formula is C15H21NO. The minimum Gasteiger partial charge on any atom is -0.329 e. The van der Waals surface area contributed by atoms with Crippen molar-refractivity contribution < 1.29 is 4.79 Å². The Labute approximate surface area is 103 Å². The predicted molar refractivity (Wildman–Crippen MR) is 68.2 cm³/mol. The molecule has 0 aliphatic heterocycles. The smallest absolute Gasteiger partial charge is 0.227 e. The molecule has 0 spiro atoms. The molecule has 0 heterocycles. The Morgan fingerprint density at radius 2 is 1.94 bits per heavy atom. The van der Waals surface area contributed by atoms with E-state index in [0.29, 0.717) is 5.92 Å². The molecular weight excluding hydrogens is 210 g/mol. The van der Waals surface area contributed by atoms with E-state index in [9.17, 15) is 4.79 Å². The van der Waals surface area contributed by atoms with Crippen LogP contribution in [0.15, 0.2) is 23.4 Å². The molecule has 2 unspecified atom stereocenters. The van der Waals surface area contributed by atoms with E-state index in [1.807, 2.05) is 0 Å². The third kappa shape index (κ3) is 2.18. The fourth-order valence-corrected chi connectivity index (χ4v) is 3.25. The van der Waals surface area contributed by atoms with Gasteiger partial charge in [-0.15, -0.1) is 0 Å². The van der Waals surface area contributed by atoms with Crippen molar-refractivity contribution in [3.8, 4) is 0 Å². The molecule has 3 aliphatic carbocycles. The summed E-state index contributed by atoms with van der Waals surface area (Å²) >= 11 is 0. The first-order chi connectivity index (χ1) is 8.25. The molecule has 92 valence electrons. The number of nitrogens with one attached hydrogen (secondary N) is 1. The number of carbonyl (C=O) groups excluding carboxylic acids is 1. The summed E-state index contributed by atoms with van der Waals surface area (Å²) in [4.78, 5) is 12.1. The molecule has 0 aromatic heterocycles. The van der Waals surface area contributed by atoms with Crippen LogP contribution < -0.4 is 5.32 Å². The number of hydrogen-bond donors (Lipinski definition) is 1. The molecule has 0 radical (unpaired) electrons. The van der Waals surface area contributed by atoms with E-state index >= 15 is 0 Å². The second-order valence-corrected chi connectivity index (χ2v) is 5.81. The molecule has 0 aromatic rings. The van der Waals surface area contributed by atoms with Crippen LogP contribution in [0, 0.1) is 17.8 Å². The topological polar surface area (TPSA) is 29.1 Å². The van der Waals surface area contributed by atoms with E-state index in [-0.39, 0.29) is 11.8 Å². The number of hydrogen-bond acceptors (Lipinski definition) is 1. The third-order valence-corrected chi connectivity index (χ3v) is 4.54. The van der Waals surface area contributed by atoms with Crippen LogP contribution in [0.3, 0.4) is 0 Å². The van der Waals surface area contributed by atoms with Gasteiger partial charge in [-0.3, -0.25) is 4.79 Å². The molecule has 2 saturated carbocycles. The molecule has 1 amide bonds. The molecule has 2 atom stereocenters. The van der Waals surface area contributed by atoms with Crippen molar-refractivity contribution in [3.05, 3.63) is 23.4 Å². The summed E-state index contributed by atoms with van der Waals surface area (Å²) in [7, 11) is 0. The van der Waals surface area contributed by atoms with Crippen molar-refractivity contribution in [1.29, 1.82) is 0 Å². The van der Waals surface area contributed by atoms with E-state index in [1.54, 1.807) is 0 Å². The Bertz CT molecular complexity index is 388. The zero-order valence-corrected chi connectivity index (χ0v) is 10.5. The Morgan fingerprint density at radius 3 is 2.71 bits per heavy atom. The summed E-state index contributed by atoms with van der Waals surface area (Å²) in [6, 6.07) is 0. The summed E-state index contributed by atoms with van der Waals surface area (Å²) in [6.07, 6.45) is 11.4. The average Bonchev–Trinajstić information content (AvgIpc) is 3.15. The maximum Gasteiger partial charge on any atom is 0.227 e. The van der Waals surface area contributed by atoms with Gasteiger partial charge in [0.25, 0.3) is 0 Å². The number of carbonyl (C=O) groups is 1. The van der Waals surface area contributed by atoms with Crippen LogP contribution >= 0.6 is 0 Å². The number of rotatable bonds is 2. The molecule has 3 aliphatic rings. The zero-order valence-electron chi connectivity index (χ0n) is 10.5. The predicted octanol–water partition coefficient (Wildman–Crippen LogP) is 3.16. The monoisotopic (exact) mass is 231 g/mol. The van der Waals surface area contributed by atoms with Crippen molar-refractivity contribution >= 4 is 5.91 Å². The SMILES string of the molecule is CC1=CC=C(NC(=O)C2CCCCC2)C2CC12. The van der Waals surface area contributed by atoms with Gasteiger partial charge in [-0.25, -0.2) is 0 Å². The standard InChI is InChI=1S/C15H21NO/c1-10-7-8-14(13-9-12(10)13)16-15(17)11-5-3-2-4-6-11/h7-8,11-13H,2-6,9H2,1H3,(H,16,17). The van der Waals surface area contributed by atoms with Gasteiger partial charge >= 0.3 is 0 Å². The Balaban J connectivity index is 1.61. The fourth-order valence-electron chi connectivity index (χ4n) is 3.25. The average molecular weight is 231 g/mol. The molecule has 3 rings (SSSR count). The lowest BCUT2D eigenvalue weighted by Crippen LogP contribution is -2.32. The van der Waals surface area contributed by atoms with Gasteiger partial charge in [0, 0.05) is 17.5 Å². The molecule has 2 heteroatoms. The Hall–Kier alpha value is -1.05. The van der Waals surface area contributed by atoms with Crippen molar-refractivity contribution in [1.82, 2.24) is 5.32 Å². The highest BCUT2D eigenvalue weighted by molar-refractivity contribution is 5.80. The minimum absolute atomic E-state index is 0.272. The zero-order chi connectivity index (χ0) is 11.8. The molecule has 2 fully saturated rings. The first-order valence-electron chi connectivity index (χ1n) is 6.95. The normalized spacial score (nSPS) is 32.3. The maximum atomic E-state index is 12.1. The van der Waals surface area contributed by atoms with Crippen molar-refractivity contribution in [2.24, 2.45) is 17.8 Å². The van der Waals surface area contributed by atoms with Crippen LogP contribution in [-0.2, 0) is 4.79 Å². The second-order valence-electron chi connectivity index (χ2n) is 5.81. The molecule has 0 bridgehead atoms. The largest absolute Gasteiger partial charge is 0.329 e. The first kappa shape index (κ1) is 11.1. The molecule has 17 heavy (non-hydrogen) atoms. The number of fused-ring (bicyclic) bond motifs is 1. The van der Waals surface area contributed by atoms with Crippen LogP contribution in [0.5, 0.6) is 0 Å². The summed E-state index contributed by atoms with van der Waals surface area (Å²) in [5.74, 6) is 1.89. The van der Waals surface area contributed by atoms with Crippen molar-refractivity contribution in [3.63, 3.8) is 0 Å². The fraction of sp³-hybridized carbons (Fsp3) is 0.667. The highest BCUT2D eigenvalue weighted by Gasteiger charge is 2.43. The van der Waals surface area contributed by atoms with E-state index in [4.69, 9.17) is 0 Å². The van der Waals surface area contributed by atoms with Gasteiger partial charge < -0.3 is 5.32 Å². The first-order valence-corrected chi connectivity index (χ1v) is 6.95. The van der Waals surface area contributed by atoms with Crippen LogP contribution in [0.1, 0.15) is 45.4 Å². The van der Waals surface area contributed by atoms with Crippen LogP contribution in [0.4, 0.5) is 0 Å². The summed E-state index contributed by atoms with van der Waals surface area (Å²) in [5, 5.41) is 3.18. The van der Waals surface area contributed by atoms with E-state index in [2.05, 4.69) is 24.4 Å². The maximum absolute atomic E-state index is 12.1. The molecule has 0 saturated heterocycles. The highest BCUT2D eigenvalue weighted by Crippen LogP contribution is 2.50. The van der Waals surface area contributed by atoms with Gasteiger partial charge in [-0.05, 0) is 38.2 Å². The third-order valence-electron chi connectivity index (χ3n) is 4.54. The lowest BCUT2D eigenvalue weighted by molar-refractivity contribution is -0.125. The molecule has 0 aromatic carbocycles. The van der Waals surface area contributed by atoms with E-state index < -0.39 is 0 Å². The van der Waals surface area contributed by atoms with Crippen LogP contribution in [0.25, 0.3) is 0 Å². The van der Waals surface area contributed by atoms with Gasteiger partial charge in [0.1, 0.15) is 0 Å². The molecule has 2 nitrogen and oxygen atoms in total. The van der Waals surface area contributed by atoms with Gasteiger partial charge in [0.15, 0.2) is 0 Å². The Morgan fingerprint density at radius 1 is 1.18 bits per heavy atom. The van der Waals surface area contributed by atoms with Crippen molar-refractivity contribution in [2.45, 2.75) is 45.4 Å². The van der Waals surface area contributed by atoms with Gasteiger partial charge in [0.05, 0.1) is 0 Å². The lowest BCUT2D eigenvalue weighted by Gasteiger charge is -2.22. The highest BCUT2D eigenvalue weighted by atomic mass is 16.1. The van der Waals surface area contributed by atoms with Crippen molar-refractivity contribution in [2.75, 3.05) is 0 Å². The van der Waals surface area contributed by atoms with Crippen LogP contribution in [-0.4, -0.2) is 5.91 Å². The summed E-state index contributed by atoms with van der Waals surface area (Å²) in [6.45, 7) is 2.20. The van der Waals surface area contributed by atoms with E-state index in [0.717, 1.165) is 18.8 Å². The quantitative estimate of drug-likeness (QED) is 0.777. The lowest BCUT2D eigenvalue weighted by atomic mass is 9.88. The molecule has 1 N–H and O–H groups in total. The van der Waals surface area contributed by atoms with Gasteiger partial charge in [-0.2, -0.15) is 0 Å². The Kier molecular flexibility index (Phi) is 2.81. The minimum atomic E-state index is 0.272. The van der Waals surface area contributed by atoms with Gasteiger partial charge in [-0.1, -0.05) is 30.9 Å². The number of allylic oxidation sites excluding steroid dienone is 4. The summed E-state index contributed by atoms with van der Waals surface area (Å²) in [5.41, 5.74) is 2.65. The second kappa shape index (κ2) is 4.32.